The van der Waals surface area contributed by atoms with Gasteiger partial charge in [0.1, 0.15) is 31.1 Å². The van der Waals surface area contributed by atoms with Gasteiger partial charge in [-0.3, -0.25) is 28.2 Å². The molecule has 2 aromatic carbocycles. The number of esters is 1. The fraction of sp³-hybridized carbons (Fsp3) is 0.447. The minimum atomic E-state index is -4.92. The van der Waals surface area contributed by atoms with Crippen LogP contribution < -0.4 is 43.2 Å². The molecule has 2 aliphatic heterocycles. The van der Waals surface area contributed by atoms with Gasteiger partial charge >= 0.3 is 25.9 Å². The number of carbonyl (C=O) groups excluding carboxylic acids is 5. The average molecular weight is 1020 g/mol. The number of benzene rings is 2. The molecule has 0 fully saturated rings. The molecule has 0 spiro atoms. The summed E-state index contributed by atoms with van der Waals surface area (Å²) in [6, 6.07) is 3.49. The van der Waals surface area contributed by atoms with Crippen molar-refractivity contribution in [3.05, 3.63) is 91.0 Å². The van der Waals surface area contributed by atoms with Crippen LogP contribution in [0.2, 0.25) is 0 Å². The lowest BCUT2D eigenvalue weighted by atomic mass is 9.81. The lowest BCUT2D eigenvalue weighted by Crippen LogP contribution is -2.54. The maximum Gasteiger partial charge on any atom is 0.473 e. The smallest absolute Gasteiger partial charge is 0.465 e. The highest BCUT2D eigenvalue weighted by molar-refractivity contribution is 7.47. The second kappa shape index (κ2) is 21.5. The Balaban J connectivity index is 1.04. The number of phosphoric ester groups is 1. The monoisotopic (exact) mass is 1020 g/mol. The molecule has 4 heterocycles. The Labute approximate surface area is 411 Å². The van der Waals surface area contributed by atoms with Gasteiger partial charge in [-0.1, -0.05) is 26.8 Å². The number of rotatable bonds is 20. The first-order valence-corrected chi connectivity index (χ1v) is 24.7. The van der Waals surface area contributed by atoms with Gasteiger partial charge in [0.15, 0.2) is 5.60 Å². The van der Waals surface area contributed by atoms with Crippen molar-refractivity contribution in [2.75, 3.05) is 25.5 Å². The molecule has 11 N–H and O–H groups in total. The van der Waals surface area contributed by atoms with Crippen LogP contribution in [0.5, 0.6) is 0 Å². The third-order valence-electron chi connectivity index (χ3n) is 13.1. The van der Waals surface area contributed by atoms with Gasteiger partial charge in [-0.2, -0.15) is 0 Å². The summed E-state index contributed by atoms with van der Waals surface area (Å²) in [4.78, 5) is 105. The number of nitrogens with one attached hydrogen (secondary N) is 6. The zero-order chi connectivity index (χ0) is 52.4. The van der Waals surface area contributed by atoms with E-state index in [4.69, 9.17) is 24.5 Å². The predicted molar refractivity (Wildman–Crippen MR) is 255 cm³/mol. The highest BCUT2D eigenvalue weighted by Crippen LogP contribution is 2.47. The normalized spacial score (nSPS) is 18.2. The van der Waals surface area contributed by atoms with Gasteiger partial charge in [-0.15, -0.1) is 0 Å². The van der Waals surface area contributed by atoms with Gasteiger partial charge in [0.2, 0.25) is 17.7 Å². The van der Waals surface area contributed by atoms with Crippen LogP contribution >= 0.6 is 7.82 Å². The minimum Gasteiger partial charge on any atom is -0.465 e. The molecule has 0 radical (unpaired) electrons. The van der Waals surface area contributed by atoms with E-state index in [1.165, 1.54) is 28.8 Å². The number of ether oxygens (including phenoxy) is 1. The molecule has 0 saturated carbocycles. The molecule has 72 heavy (non-hydrogen) atoms. The van der Waals surface area contributed by atoms with Crippen molar-refractivity contribution in [1.29, 1.82) is 0 Å². The van der Waals surface area contributed by atoms with Crippen molar-refractivity contribution >= 4 is 60.2 Å². The summed E-state index contributed by atoms with van der Waals surface area (Å²) >= 11 is 0. The highest BCUT2D eigenvalue weighted by Gasteiger charge is 2.46. The van der Waals surface area contributed by atoms with Crippen molar-refractivity contribution < 1.29 is 66.6 Å². The molecule has 4 aromatic rings. The molecular formula is C47H57FN9O14P. The fourth-order valence-corrected chi connectivity index (χ4v) is 10.1. The van der Waals surface area contributed by atoms with E-state index in [-0.39, 0.29) is 79.9 Å². The number of nitrogens with two attached hydrogens (primary N) is 1. The third kappa shape index (κ3) is 11.0. The number of carboxylic acid groups (broad SMARTS) is 1. The molecule has 1 aliphatic carbocycles. The van der Waals surface area contributed by atoms with E-state index in [2.05, 4.69) is 31.9 Å². The number of hydrogen-bond donors (Lipinski definition) is 10. The van der Waals surface area contributed by atoms with Crippen LogP contribution in [0.4, 0.5) is 19.7 Å². The standard InChI is InChI=1S/C47H57FN9O14P/c1-6-47(66)30-15-35-40-28(18-57(35)43(61)29(30)20-69-44(47)62)38-32(12-11-27-23(4)31(48)16-34(54-40)37(27)38)53-36(58)21-71-72(67,68)70-19-24-9-10-26(14-25(24)17-50-5)52-41(59)33(8-7-13-51-45(49)63)55-42(60)39(22(2)3)56-46(64)65/h9-10,14-16,22,32-33,39,50,56,66H,6-8,11-13,17-21H2,1-5H3,(H,52,59)(H,53,58)(H,55,60)(H,64,65)(H,67,68)(H3,49,51,63)/t32-,33?,39?,47-/m0/s1. The Bertz CT molecular complexity index is 2990. The Morgan fingerprint density at radius 3 is 2.49 bits per heavy atom. The zero-order valence-corrected chi connectivity index (χ0v) is 41.0. The van der Waals surface area contributed by atoms with Gasteiger partial charge < -0.3 is 62.0 Å². The number of carbonyl (C=O) groups is 6. The number of hydrogen-bond acceptors (Lipinski definition) is 14. The van der Waals surface area contributed by atoms with E-state index >= 15 is 4.39 Å². The summed E-state index contributed by atoms with van der Waals surface area (Å²) in [5.74, 6) is -4.06. The van der Waals surface area contributed by atoms with E-state index in [1.807, 2.05) is 0 Å². The molecular weight excluding hydrogens is 965 g/mol. The summed E-state index contributed by atoms with van der Waals surface area (Å²) in [5.41, 5.74) is 6.99. The third-order valence-corrected chi connectivity index (χ3v) is 14.0. The lowest BCUT2D eigenvalue weighted by Gasteiger charge is -2.31. The Kier molecular flexibility index (Phi) is 15.8. The Morgan fingerprint density at radius 2 is 1.81 bits per heavy atom. The molecule has 25 heteroatoms. The number of primary amides is 1. The van der Waals surface area contributed by atoms with E-state index in [1.54, 1.807) is 40.8 Å². The Hall–Kier alpha value is -6.82. The van der Waals surface area contributed by atoms with Crippen molar-refractivity contribution in [2.45, 2.75) is 110 Å². The SMILES string of the molecule is CC[C@@]1(O)C(=O)OCc2c1cc1n(c2=O)Cc2c-1nc1cc(F)c(C)c3c1c2[C@@H](NC(=O)COP(=O)(O)OCc1ccc(NC(=O)C(CCCNC(N)=O)NC(=O)C(NC(=O)O)C(C)C)cc1CNC)CC3. The molecule has 5 atom stereocenters. The van der Waals surface area contributed by atoms with E-state index in [0.29, 0.717) is 50.9 Å². The van der Waals surface area contributed by atoms with Crippen LogP contribution in [0.15, 0.2) is 35.1 Å². The number of phosphoric acid groups is 1. The topological polar surface area (TPSA) is 341 Å². The van der Waals surface area contributed by atoms with E-state index in [0.717, 1.165) is 0 Å². The van der Waals surface area contributed by atoms with Crippen molar-refractivity contribution in [1.82, 2.24) is 36.1 Å². The first-order chi connectivity index (χ1) is 34.1. The molecule has 0 bridgehead atoms. The van der Waals surface area contributed by atoms with Crippen molar-refractivity contribution in [3.63, 3.8) is 0 Å². The maximum absolute atomic E-state index is 15.4. The Morgan fingerprint density at radius 1 is 1.06 bits per heavy atom. The number of urea groups is 1. The largest absolute Gasteiger partial charge is 0.473 e. The molecule has 2 aromatic heterocycles. The number of aryl methyl sites for hydroxylation is 1. The lowest BCUT2D eigenvalue weighted by molar-refractivity contribution is -0.172. The summed E-state index contributed by atoms with van der Waals surface area (Å²) in [6.07, 6.45) is -0.639. The quantitative estimate of drug-likeness (QED) is 0.0304. The maximum atomic E-state index is 15.4. The number of anilines is 1. The van der Waals surface area contributed by atoms with Crippen LogP contribution in [0.1, 0.15) is 97.0 Å². The van der Waals surface area contributed by atoms with Crippen molar-refractivity contribution in [2.24, 2.45) is 11.7 Å². The summed E-state index contributed by atoms with van der Waals surface area (Å²) in [7, 11) is -3.28. The summed E-state index contributed by atoms with van der Waals surface area (Å²) in [5, 5.41) is 36.9. The zero-order valence-electron chi connectivity index (χ0n) is 40.1. The number of amides is 6. The average Bonchev–Trinajstić information content (AvgIpc) is 3.70. The van der Waals surface area contributed by atoms with Gasteiger partial charge in [0.25, 0.3) is 5.56 Å². The highest BCUT2D eigenvalue weighted by atomic mass is 31.2. The molecule has 23 nitrogen and oxygen atoms in total. The second-order valence-electron chi connectivity index (χ2n) is 18.2. The molecule has 6 amide bonds. The van der Waals surface area contributed by atoms with Gasteiger partial charge in [0.05, 0.1) is 41.7 Å². The number of fused-ring (bicyclic) bond motifs is 5. The number of halogens is 1. The summed E-state index contributed by atoms with van der Waals surface area (Å²) in [6.45, 7) is 5.02. The van der Waals surface area contributed by atoms with Gasteiger partial charge in [0, 0.05) is 41.4 Å². The van der Waals surface area contributed by atoms with Gasteiger partial charge in [-0.25, -0.2) is 28.3 Å². The van der Waals surface area contributed by atoms with Crippen LogP contribution in [0.3, 0.4) is 0 Å². The van der Waals surface area contributed by atoms with E-state index in [9.17, 15) is 53.2 Å². The van der Waals surface area contributed by atoms with Crippen LogP contribution in [-0.2, 0) is 75.9 Å². The molecule has 3 aliphatic rings. The minimum absolute atomic E-state index is 0.00187. The van der Waals surface area contributed by atoms with Crippen LogP contribution in [0, 0.1) is 18.7 Å². The van der Waals surface area contributed by atoms with E-state index < -0.39 is 97.9 Å². The molecule has 386 valence electrons. The fourth-order valence-electron chi connectivity index (χ4n) is 9.41. The summed E-state index contributed by atoms with van der Waals surface area (Å²) < 4.78 is 45.8. The number of aromatic nitrogens is 2. The predicted octanol–water partition coefficient (Wildman–Crippen LogP) is 2.85. The van der Waals surface area contributed by atoms with Crippen LogP contribution in [0.25, 0.3) is 22.3 Å². The first kappa shape index (κ1) is 53.0. The molecule has 7 rings (SSSR count). The van der Waals surface area contributed by atoms with Gasteiger partial charge in [-0.05, 0) is 98.0 Å². The second-order valence-corrected chi connectivity index (χ2v) is 19.6. The number of pyridine rings is 2. The van der Waals surface area contributed by atoms with Crippen LogP contribution in [-0.4, -0.2) is 92.8 Å². The van der Waals surface area contributed by atoms with Crippen molar-refractivity contribution in [3.8, 4) is 11.4 Å². The number of aliphatic hydroxyl groups is 1. The number of nitrogens with zero attached hydrogens (tertiary/aromatic N) is 2. The number of cyclic esters (lactones) is 1. The first-order valence-electron chi connectivity index (χ1n) is 23.2. The molecule has 0 saturated heterocycles. The molecule has 3 unspecified atom stereocenters.